The molecule has 0 bridgehead atoms. The van der Waals surface area contributed by atoms with Crippen molar-refractivity contribution in [3.63, 3.8) is 0 Å². The Labute approximate surface area is 57.3 Å². The second-order valence-corrected chi connectivity index (χ2v) is 1.97. The van der Waals surface area contributed by atoms with Crippen LogP contribution in [0.25, 0.3) is 0 Å². The van der Waals surface area contributed by atoms with E-state index in [-0.39, 0.29) is 5.88 Å². The fourth-order valence-electron chi connectivity index (χ4n) is 0.420. The summed E-state index contributed by atoms with van der Waals surface area (Å²) in [5.74, 6) is -0.0602. The quantitative estimate of drug-likeness (QED) is 0.556. The van der Waals surface area contributed by atoms with E-state index in [0.29, 0.717) is 10.7 Å². The molecule has 0 fully saturated rings. The maximum atomic E-state index is 8.86. The Kier molecular flexibility index (Phi) is 1.53. The summed E-state index contributed by atoms with van der Waals surface area (Å²) in [6.07, 6.45) is 1.21. The highest BCUT2D eigenvalue weighted by atomic mass is 35.5. The number of hydrogen-bond acceptors (Lipinski definition) is 3. The van der Waals surface area contributed by atoms with Crippen LogP contribution >= 0.6 is 11.6 Å². The van der Waals surface area contributed by atoms with Crippen LogP contribution in [-0.4, -0.2) is 15.1 Å². The molecule has 0 aliphatic rings. The first-order chi connectivity index (χ1) is 4.22. The van der Waals surface area contributed by atoms with E-state index in [1.165, 1.54) is 6.33 Å². The summed E-state index contributed by atoms with van der Waals surface area (Å²) in [6.45, 7) is 1.65. The Bertz CT molecular complexity index is 206. The molecule has 0 aliphatic carbocycles. The van der Waals surface area contributed by atoms with Crippen molar-refractivity contribution in [3.8, 4) is 5.88 Å². The van der Waals surface area contributed by atoms with Crippen LogP contribution in [0.4, 0.5) is 0 Å². The topological polar surface area (TPSA) is 46.0 Å². The molecule has 0 atom stereocenters. The standard InChI is InChI=1S/C5H5ClN2O/c1-3-4(6)7-2-8-5(3)9/h2H,1H3,(H,7,8,9). The van der Waals surface area contributed by atoms with Gasteiger partial charge in [-0.2, -0.15) is 0 Å². The van der Waals surface area contributed by atoms with E-state index < -0.39 is 0 Å². The number of aromatic nitrogens is 2. The Balaban J connectivity index is 3.25. The van der Waals surface area contributed by atoms with E-state index in [4.69, 9.17) is 16.7 Å². The van der Waals surface area contributed by atoms with Crippen molar-refractivity contribution in [1.82, 2.24) is 9.97 Å². The molecule has 0 aromatic carbocycles. The highest BCUT2D eigenvalue weighted by Gasteiger charge is 2.00. The van der Waals surface area contributed by atoms with Gasteiger partial charge >= 0.3 is 0 Å². The summed E-state index contributed by atoms with van der Waals surface area (Å²) in [5.41, 5.74) is 0.513. The summed E-state index contributed by atoms with van der Waals surface area (Å²) < 4.78 is 0. The van der Waals surface area contributed by atoms with Crippen LogP contribution in [0, 0.1) is 6.92 Å². The zero-order chi connectivity index (χ0) is 6.85. The van der Waals surface area contributed by atoms with E-state index in [1.54, 1.807) is 6.92 Å². The molecule has 3 nitrogen and oxygen atoms in total. The third-order valence-corrected chi connectivity index (χ3v) is 1.38. The molecular formula is C5H5ClN2O. The van der Waals surface area contributed by atoms with Crippen molar-refractivity contribution in [2.75, 3.05) is 0 Å². The predicted molar refractivity (Wildman–Crippen MR) is 33.4 cm³/mol. The minimum Gasteiger partial charge on any atom is -0.493 e. The van der Waals surface area contributed by atoms with E-state index in [9.17, 15) is 0 Å². The largest absolute Gasteiger partial charge is 0.493 e. The lowest BCUT2D eigenvalue weighted by Gasteiger charge is -1.95. The molecule has 0 saturated heterocycles. The van der Waals surface area contributed by atoms with Crippen molar-refractivity contribution < 1.29 is 5.11 Å². The van der Waals surface area contributed by atoms with Crippen molar-refractivity contribution in [1.29, 1.82) is 0 Å². The number of hydrogen-bond donors (Lipinski definition) is 1. The fourth-order valence-corrected chi connectivity index (χ4v) is 0.548. The third kappa shape index (κ3) is 1.10. The molecule has 1 aromatic rings. The molecule has 4 heteroatoms. The lowest BCUT2D eigenvalue weighted by molar-refractivity contribution is 0.447. The van der Waals surface area contributed by atoms with Crippen LogP contribution in [0.15, 0.2) is 6.33 Å². The molecule has 0 aliphatic heterocycles. The highest BCUT2D eigenvalue weighted by molar-refractivity contribution is 6.30. The lowest BCUT2D eigenvalue weighted by atomic mass is 10.4. The summed E-state index contributed by atoms with van der Waals surface area (Å²) in [7, 11) is 0. The molecule has 0 radical (unpaired) electrons. The summed E-state index contributed by atoms with van der Waals surface area (Å²) >= 11 is 5.50. The minimum absolute atomic E-state index is 0.0602. The second-order valence-electron chi connectivity index (χ2n) is 1.61. The molecule has 1 aromatic heterocycles. The fraction of sp³-hybridized carbons (Fsp3) is 0.200. The molecule has 1 rings (SSSR count). The monoisotopic (exact) mass is 144 g/mol. The lowest BCUT2D eigenvalue weighted by Crippen LogP contribution is -1.83. The summed E-state index contributed by atoms with van der Waals surface area (Å²) in [4.78, 5) is 7.13. The van der Waals surface area contributed by atoms with Crippen LogP contribution in [-0.2, 0) is 0 Å². The van der Waals surface area contributed by atoms with Gasteiger partial charge in [-0.3, -0.25) is 0 Å². The van der Waals surface area contributed by atoms with Gasteiger partial charge in [0.2, 0.25) is 5.88 Å². The molecule has 1 heterocycles. The van der Waals surface area contributed by atoms with Crippen LogP contribution in [0.3, 0.4) is 0 Å². The zero-order valence-electron chi connectivity index (χ0n) is 4.80. The van der Waals surface area contributed by atoms with Gasteiger partial charge in [-0.15, -0.1) is 0 Å². The molecule has 9 heavy (non-hydrogen) atoms. The maximum Gasteiger partial charge on any atom is 0.218 e. The molecule has 0 amide bonds. The maximum absolute atomic E-state index is 8.86. The Hall–Kier alpha value is -0.830. The zero-order valence-corrected chi connectivity index (χ0v) is 5.55. The Morgan fingerprint density at radius 1 is 1.56 bits per heavy atom. The molecule has 0 unspecified atom stereocenters. The van der Waals surface area contributed by atoms with Crippen LogP contribution in [0.2, 0.25) is 5.15 Å². The first-order valence-electron chi connectivity index (χ1n) is 2.38. The van der Waals surface area contributed by atoms with Crippen LogP contribution in [0.5, 0.6) is 5.88 Å². The van der Waals surface area contributed by atoms with Crippen molar-refractivity contribution in [2.24, 2.45) is 0 Å². The van der Waals surface area contributed by atoms with Crippen molar-refractivity contribution in [3.05, 3.63) is 17.0 Å². The number of halogens is 1. The van der Waals surface area contributed by atoms with E-state index >= 15 is 0 Å². The van der Waals surface area contributed by atoms with Crippen molar-refractivity contribution >= 4 is 11.6 Å². The van der Waals surface area contributed by atoms with Gasteiger partial charge in [0.1, 0.15) is 11.5 Å². The van der Waals surface area contributed by atoms with Gasteiger partial charge in [0.25, 0.3) is 0 Å². The van der Waals surface area contributed by atoms with Gasteiger partial charge in [0.05, 0.1) is 0 Å². The normalized spacial score (nSPS) is 9.56. The SMILES string of the molecule is Cc1c(O)ncnc1Cl. The van der Waals surface area contributed by atoms with E-state index in [1.807, 2.05) is 0 Å². The second kappa shape index (κ2) is 2.19. The highest BCUT2D eigenvalue weighted by Crippen LogP contribution is 2.17. The van der Waals surface area contributed by atoms with Gasteiger partial charge < -0.3 is 5.11 Å². The molecule has 0 saturated carbocycles. The number of nitrogens with zero attached hydrogens (tertiary/aromatic N) is 2. The molecule has 48 valence electrons. The average Bonchev–Trinajstić information content (AvgIpc) is 1.83. The Morgan fingerprint density at radius 3 is 2.67 bits per heavy atom. The minimum atomic E-state index is -0.0602. The van der Waals surface area contributed by atoms with E-state index in [0.717, 1.165) is 0 Å². The van der Waals surface area contributed by atoms with Crippen molar-refractivity contribution in [2.45, 2.75) is 6.92 Å². The number of rotatable bonds is 0. The number of aromatic hydroxyl groups is 1. The first-order valence-corrected chi connectivity index (χ1v) is 2.75. The van der Waals surface area contributed by atoms with Crippen LogP contribution in [0.1, 0.15) is 5.56 Å². The van der Waals surface area contributed by atoms with E-state index in [2.05, 4.69) is 9.97 Å². The van der Waals surface area contributed by atoms with Gasteiger partial charge in [-0.05, 0) is 6.92 Å². The smallest absolute Gasteiger partial charge is 0.218 e. The summed E-state index contributed by atoms with van der Waals surface area (Å²) in [5, 5.41) is 9.16. The van der Waals surface area contributed by atoms with Gasteiger partial charge in [-0.1, -0.05) is 11.6 Å². The van der Waals surface area contributed by atoms with Crippen LogP contribution < -0.4 is 0 Å². The first kappa shape index (κ1) is 6.29. The molecule has 0 spiro atoms. The van der Waals surface area contributed by atoms with Gasteiger partial charge in [0, 0.05) is 5.56 Å². The van der Waals surface area contributed by atoms with Gasteiger partial charge in [-0.25, -0.2) is 9.97 Å². The molecule has 1 N–H and O–H groups in total. The average molecular weight is 145 g/mol. The summed E-state index contributed by atoms with van der Waals surface area (Å²) in [6, 6.07) is 0. The third-order valence-electron chi connectivity index (χ3n) is 0.996. The Morgan fingerprint density at radius 2 is 2.22 bits per heavy atom. The van der Waals surface area contributed by atoms with Gasteiger partial charge in [0.15, 0.2) is 0 Å². The molecular weight excluding hydrogens is 140 g/mol. The predicted octanol–water partition coefficient (Wildman–Crippen LogP) is 1.14.